The Labute approximate surface area is 171 Å². The first kappa shape index (κ1) is 20.6. The molecule has 0 saturated carbocycles. The van der Waals surface area contributed by atoms with Gasteiger partial charge in [0.25, 0.3) is 0 Å². The molecule has 152 valence electrons. The zero-order chi connectivity index (χ0) is 21.8. The third kappa shape index (κ3) is 3.09. The van der Waals surface area contributed by atoms with Gasteiger partial charge in [-0.25, -0.2) is 0 Å². The summed E-state index contributed by atoms with van der Waals surface area (Å²) in [4.78, 5) is 0. The highest BCUT2D eigenvalue weighted by molar-refractivity contribution is 5.88. The number of aromatic hydroxyl groups is 4. The summed E-state index contributed by atoms with van der Waals surface area (Å²) in [6.45, 7) is 13.0. The Kier molecular flexibility index (Phi) is 4.99. The Balaban J connectivity index is 2.33. The smallest absolute Gasteiger partial charge is 0.166 e. The first-order chi connectivity index (χ1) is 13.5. The predicted molar refractivity (Wildman–Crippen MR) is 117 cm³/mol. The van der Waals surface area contributed by atoms with E-state index in [1.807, 2.05) is 66.7 Å². The van der Waals surface area contributed by atoms with Crippen molar-refractivity contribution >= 4 is 0 Å². The maximum absolute atomic E-state index is 11.0. The van der Waals surface area contributed by atoms with E-state index in [9.17, 15) is 20.4 Å². The van der Waals surface area contributed by atoms with Gasteiger partial charge in [-0.1, -0.05) is 0 Å². The normalized spacial score (nSPS) is 11.1. The molecule has 0 aliphatic rings. The van der Waals surface area contributed by atoms with Crippen LogP contribution in [0.2, 0.25) is 0 Å². The van der Waals surface area contributed by atoms with E-state index in [4.69, 9.17) is 0 Å². The van der Waals surface area contributed by atoms with Gasteiger partial charge >= 0.3 is 0 Å². The predicted octanol–water partition coefficient (Wildman–Crippen LogP) is 6.00. The molecule has 0 bridgehead atoms. The van der Waals surface area contributed by atoms with Crippen molar-refractivity contribution in [1.82, 2.24) is 0 Å². The minimum atomic E-state index is -0.194. The van der Waals surface area contributed by atoms with Crippen molar-refractivity contribution in [2.24, 2.45) is 0 Å². The van der Waals surface area contributed by atoms with Gasteiger partial charge in [0.15, 0.2) is 11.5 Å². The van der Waals surface area contributed by atoms with Gasteiger partial charge < -0.3 is 20.4 Å². The number of hydrogen-bond acceptors (Lipinski definition) is 4. The SMILES string of the molecule is Cc1cc(-c2cc(C)c(-c3cc(C)c(O)c(C)c3C)c(O)c2O)c(C)c(C)c1O. The van der Waals surface area contributed by atoms with Crippen molar-refractivity contribution in [3.63, 3.8) is 0 Å². The number of phenolic OH excluding ortho intramolecular Hbond substituents is 4. The summed E-state index contributed by atoms with van der Waals surface area (Å²) in [5, 5.41) is 42.3. The van der Waals surface area contributed by atoms with Gasteiger partial charge in [-0.2, -0.15) is 0 Å². The summed E-state index contributed by atoms with van der Waals surface area (Å²) in [7, 11) is 0. The second-order valence-corrected chi connectivity index (χ2v) is 7.99. The molecule has 0 spiro atoms. The van der Waals surface area contributed by atoms with Crippen LogP contribution in [0, 0.1) is 48.5 Å². The van der Waals surface area contributed by atoms with E-state index in [0.29, 0.717) is 22.3 Å². The van der Waals surface area contributed by atoms with Crippen LogP contribution >= 0.6 is 0 Å². The lowest BCUT2D eigenvalue weighted by Crippen LogP contribution is -1.96. The quantitative estimate of drug-likeness (QED) is 0.403. The molecular weight excluding hydrogens is 364 g/mol. The maximum atomic E-state index is 11.0. The highest BCUT2D eigenvalue weighted by Gasteiger charge is 2.22. The van der Waals surface area contributed by atoms with E-state index < -0.39 is 0 Å². The van der Waals surface area contributed by atoms with E-state index in [1.165, 1.54) is 0 Å². The van der Waals surface area contributed by atoms with Gasteiger partial charge in [0.1, 0.15) is 11.5 Å². The Hall–Kier alpha value is -3.14. The Morgan fingerprint density at radius 2 is 0.828 bits per heavy atom. The molecule has 0 atom stereocenters. The molecule has 3 rings (SSSR count). The van der Waals surface area contributed by atoms with Crippen LogP contribution < -0.4 is 0 Å². The van der Waals surface area contributed by atoms with Crippen LogP contribution in [0.4, 0.5) is 0 Å². The lowest BCUT2D eigenvalue weighted by Gasteiger charge is -2.20. The van der Waals surface area contributed by atoms with Crippen molar-refractivity contribution in [3.05, 3.63) is 57.1 Å². The molecule has 0 aliphatic carbocycles. The first-order valence-electron chi connectivity index (χ1n) is 9.63. The second-order valence-electron chi connectivity index (χ2n) is 7.99. The molecule has 4 nitrogen and oxygen atoms in total. The molecule has 0 saturated heterocycles. The average molecular weight is 392 g/mol. The second kappa shape index (κ2) is 7.03. The Morgan fingerprint density at radius 1 is 0.414 bits per heavy atom. The van der Waals surface area contributed by atoms with Crippen molar-refractivity contribution in [2.75, 3.05) is 0 Å². The zero-order valence-corrected chi connectivity index (χ0v) is 18.0. The van der Waals surface area contributed by atoms with Crippen molar-refractivity contribution in [1.29, 1.82) is 0 Å². The molecular formula is C25H28O4. The molecule has 0 heterocycles. The van der Waals surface area contributed by atoms with E-state index in [-0.39, 0.29) is 23.0 Å². The Morgan fingerprint density at radius 3 is 1.34 bits per heavy atom. The van der Waals surface area contributed by atoms with Crippen LogP contribution in [0.3, 0.4) is 0 Å². The van der Waals surface area contributed by atoms with Gasteiger partial charge in [0.2, 0.25) is 0 Å². The number of rotatable bonds is 2. The third-order valence-electron chi connectivity index (χ3n) is 6.14. The lowest BCUT2D eigenvalue weighted by molar-refractivity contribution is 0.406. The fourth-order valence-corrected chi connectivity index (χ4v) is 4.01. The van der Waals surface area contributed by atoms with Crippen LogP contribution in [-0.2, 0) is 0 Å². The van der Waals surface area contributed by atoms with Crippen molar-refractivity contribution in [2.45, 2.75) is 48.5 Å². The topological polar surface area (TPSA) is 80.9 Å². The van der Waals surface area contributed by atoms with Crippen LogP contribution in [0.5, 0.6) is 23.0 Å². The molecule has 0 amide bonds. The van der Waals surface area contributed by atoms with E-state index in [1.54, 1.807) is 0 Å². The molecule has 0 unspecified atom stereocenters. The van der Waals surface area contributed by atoms with Gasteiger partial charge in [-0.3, -0.25) is 0 Å². The molecule has 0 aliphatic heterocycles. The molecule has 3 aromatic carbocycles. The fourth-order valence-electron chi connectivity index (χ4n) is 4.01. The molecule has 4 N–H and O–H groups in total. The van der Waals surface area contributed by atoms with Crippen molar-refractivity contribution < 1.29 is 20.4 Å². The number of hydrogen-bond donors (Lipinski definition) is 4. The molecule has 4 heteroatoms. The monoisotopic (exact) mass is 392 g/mol. The summed E-state index contributed by atoms with van der Waals surface area (Å²) in [6.07, 6.45) is 0. The van der Waals surface area contributed by atoms with Crippen molar-refractivity contribution in [3.8, 4) is 45.3 Å². The molecule has 0 radical (unpaired) electrons. The van der Waals surface area contributed by atoms with Gasteiger partial charge in [-0.15, -0.1) is 0 Å². The van der Waals surface area contributed by atoms with Gasteiger partial charge in [0.05, 0.1) is 0 Å². The van der Waals surface area contributed by atoms with Crippen LogP contribution in [0.25, 0.3) is 22.3 Å². The highest BCUT2D eigenvalue weighted by atomic mass is 16.3. The van der Waals surface area contributed by atoms with Crippen LogP contribution in [0.1, 0.15) is 38.9 Å². The third-order valence-corrected chi connectivity index (χ3v) is 6.14. The molecule has 29 heavy (non-hydrogen) atoms. The summed E-state index contributed by atoms with van der Waals surface area (Å²) < 4.78 is 0. The minimum absolute atomic E-state index is 0.185. The summed E-state index contributed by atoms with van der Waals surface area (Å²) in [5.74, 6) is 0.111. The molecule has 0 aromatic heterocycles. The standard InChI is InChI=1S/C25H28O4/c1-11-8-20(18-9-12(2)22(26)16(6)14(18)4)24(28)25(29)21(11)19-10-13(3)23(27)17(7)15(19)5/h8-10,26-29H,1-7H3. The van der Waals surface area contributed by atoms with Crippen LogP contribution in [0.15, 0.2) is 18.2 Å². The van der Waals surface area contributed by atoms with Gasteiger partial charge in [0, 0.05) is 11.1 Å². The average Bonchev–Trinajstić information content (AvgIpc) is 2.68. The van der Waals surface area contributed by atoms with Crippen LogP contribution in [-0.4, -0.2) is 20.4 Å². The number of benzene rings is 3. The summed E-state index contributed by atoms with van der Waals surface area (Å²) >= 11 is 0. The Bertz CT molecular complexity index is 1160. The van der Waals surface area contributed by atoms with Gasteiger partial charge in [-0.05, 0) is 117 Å². The summed E-state index contributed by atoms with van der Waals surface area (Å²) in [6, 6.07) is 5.52. The first-order valence-corrected chi connectivity index (χ1v) is 9.63. The number of phenols is 4. The molecule has 3 aromatic rings. The largest absolute Gasteiger partial charge is 0.507 e. The van der Waals surface area contributed by atoms with E-state index >= 15 is 0 Å². The zero-order valence-electron chi connectivity index (χ0n) is 18.0. The fraction of sp³-hybridized carbons (Fsp3) is 0.280. The lowest BCUT2D eigenvalue weighted by atomic mass is 9.87. The minimum Gasteiger partial charge on any atom is -0.507 e. The highest BCUT2D eigenvalue weighted by Crippen LogP contribution is 2.48. The number of aryl methyl sites for hydroxylation is 3. The maximum Gasteiger partial charge on any atom is 0.166 e. The van der Waals surface area contributed by atoms with E-state index in [0.717, 1.165) is 38.9 Å². The summed E-state index contributed by atoms with van der Waals surface area (Å²) in [5.41, 5.74) is 8.08. The molecule has 0 fully saturated rings. The van der Waals surface area contributed by atoms with E-state index in [2.05, 4.69) is 0 Å².